The minimum atomic E-state index is -0.273. The van der Waals surface area contributed by atoms with E-state index in [0.717, 1.165) is 12.8 Å². The van der Waals surface area contributed by atoms with Crippen molar-refractivity contribution < 1.29 is 9.59 Å². The highest BCUT2D eigenvalue weighted by atomic mass is 35.5. The molecular formula is C13H17ClN4O2. The first-order chi connectivity index (χ1) is 9.58. The van der Waals surface area contributed by atoms with Crippen molar-refractivity contribution in [2.75, 3.05) is 18.9 Å². The second-order valence-corrected chi connectivity index (χ2v) is 5.05. The van der Waals surface area contributed by atoms with Crippen molar-refractivity contribution in [1.82, 2.24) is 15.6 Å². The smallest absolute Gasteiger partial charge is 0.251 e. The maximum atomic E-state index is 11.9. The van der Waals surface area contributed by atoms with Crippen molar-refractivity contribution in [3.8, 4) is 0 Å². The third-order valence-corrected chi connectivity index (χ3v) is 3.09. The fourth-order valence-electron chi connectivity index (χ4n) is 1.68. The van der Waals surface area contributed by atoms with E-state index < -0.39 is 0 Å². The Kier molecular flexibility index (Phi) is 4.79. The average Bonchev–Trinajstić information content (AvgIpc) is 3.21. The van der Waals surface area contributed by atoms with Crippen LogP contribution in [-0.4, -0.2) is 36.4 Å². The summed E-state index contributed by atoms with van der Waals surface area (Å²) in [7, 11) is 1.70. The second kappa shape index (κ2) is 6.56. The normalized spacial score (nSPS) is 13.7. The topological polar surface area (TPSA) is 83.1 Å². The van der Waals surface area contributed by atoms with Gasteiger partial charge in [0.15, 0.2) is 0 Å². The Labute approximate surface area is 122 Å². The van der Waals surface area contributed by atoms with Gasteiger partial charge >= 0.3 is 0 Å². The minimum absolute atomic E-state index is 0.0310. The first kappa shape index (κ1) is 14.6. The molecule has 7 heteroatoms. The highest BCUT2D eigenvalue weighted by Crippen LogP contribution is 2.18. The summed E-state index contributed by atoms with van der Waals surface area (Å²) < 4.78 is 0. The molecule has 2 amide bonds. The Morgan fingerprint density at radius 2 is 2.15 bits per heavy atom. The van der Waals surface area contributed by atoms with Crippen molar-refractivity contribution in [1.29, 1.82) is 0 Å². The van der Waals surface area contributed by atoms with Crippen LogP contribution in [0.15, 0.2) is 12.1 Å². The standard InChI is InChI=1S/C13H17ClN4O2/c1-15-11-7-8(6-10(14)18-11)13(20)16-5-4-12(19)17-9-2-3-9/h6-7,9H,2-5H2,1H3,(H,15,18)(H,16,20)(H,17,19). The minimum Gasteiger partial charge on any atom is -0.373 e. The molecule has 1 aromatic rings. The summed E-state index contributed by atoms with van der Waals surface area (Å²) in [5, 5.41) is 8.62. The Balaban J connectivity index is 1.81. The van der Waals surface area contributed by atoms with Crippen molar-refractivity contribution in [2.45, 2.75) is 25.3 Å². The van der Waals surface area contributed by atoms with Crippen LogP contribution in [0.25, 0.3) is 0 Å². The maximum Gasteiger partial charge on any atom is 0.251 e. The largest absolute Gasteiger partial charge is 0.373 e. The lowest BCUT2D eigenvalue weighted by Gasteiger charge is -2.07. The van der Waals surface area contributed by atoms with Crippen molar-refractivity contribution >= 4 is 29.2 Å². The number of aromatic nitrogens is 1. The molecule has 20 heavy (non-hydrogen) atoms. The van der Waals surface area contributed by atoms with Crippen LogP contribution < -0.4 is 16.0 Å². The van der Waals surface area contributed by atoms with E-state index in [1.165, 1.54) is 6.07 Å². The third-order valence-electron chi connectivity index (χ3n) is 2.89. The van der Waals surface area contributed by atoms with Crippen LogP contribution in [0.2, 0.25) is 5.15 Å². The zero-order valence-corrected chi connectivity index (χ0v) is 12.0. The van der Waals surface area contributed by atoms with E-state index in [4.69, 9.17) is 11.6 Å². The van der Waals surface area contributed by atoms with Gasteiger partial charge in [-0.15, -0.1) is 0 Å². The van der Waals surface area contributed by atoms with Crippen LogP contribution >= 0.6 is 11.6 Å². The lowest BCUT2D eigenvalue weighted by Crippen LogP contribution is -2.31. The molecule has 0 aliphatic heterocycles. The monoisotopic (exact) mass is 296 g/mol. The highest BCUT2D eigenvalue weighted by molar-refractivity contribution is 6.29. The molecule has 3 N–H and O–H groups in total. The van der Waals surface area contributed by atoms with Gasteiger partial charge in [-0.3, -0.25) is 9.59 Å². The van der Waals surface area contributed by atoms with Gasteiger partial charge in [0.1, 0.15) is 11.0 Å². The van der Waals surface area contributed by atoms with Gasteiger partial charge in [-0.1, -0.05) is 11.6 Å². The van der Waals surface area contributed by atoms with Gasteiger partial charge < -0.3 is 16.0 Å². The van der Waals surface area contributed by atoms with E-state index >= 15 is 0 Å². The molecule has 1 aromatic heterocycles. The molecule has 108 valence electrons. The summed E-state index contributed by atoms with van der Waals surface area (Å²) in [4.78, 5) is 27.4. The Morgan fingerprint density at radius 3 is 2.80 bits per heavy atom. The van der Waals surface area contributed by atoms with Crippen molar-refractivity contribution in [3.63, 3.8) is 0 Å². The summed E-state index contributed by atoms with van der Waals surface area (Å²) in [5.74, 6) is 0.218. The number of amides is 2. The molecule has 0 aromatic carbocycles. The number of anilines is 1. The summed E-state index contributed by atoms with van der Waals surface area (Å²) in [6.07, 6.45) is 2.39. The molecule has 1 saturated carbocycles. The Morgan fingerprint density at radius 1 is 1.40 bits per heavy atom. The number of carbonyl (C=O) groups is 2. The number of rotatable bonds is 6. The van der Waals surface area contributed by atoms with Crippen molar-refractivity contribution in [2.24, 2.45) is 0 Å². The van der Waals surface area contributed by atoms with Gasteiger partial charge in [-0.2, -0.15) is 0 Å². The highest BCUT2D eigenvalue weighted by Gasteiger charge is 2.22. The molecule has 1 aliphatic rings. The van der Waals surface area contributed by atoms with Gasteiger partial charge in [0, 0.05) is 31.6 Å². The molecule has 0 spiro atoms. The number of halogens is 1. The van der Waals surface area contributed by atoms with E-state index in [1.807, 2.05) is 0 Å². The average molecular weight is 297 g/mol. The Hall–Kier alpha value is -1.82. The van der Waals surface area contributed by atoms with Crippen LogP contribution in [0, 0.1) is 0 Å². The van der Waals surface area contributed by atoms with Crippen LogP contribution in [0.1, 0.15) is 29.6 Å². The zero-order chi connectivity index (χ0) is 14.5. The van der Waals surface area contributed by atoms with Crippen molar-refractivity contribution in [3.05, 3.63) is 22.8 Å². The van der Waals surface area contributed by atoms with Gasteiger partial charge in [-0.25, -0.2) is 4.98 Å². The Bertz CT molecular complexity index is 517. The fourth-order valence-corrected chi connectivity index (χ4v) is 1.88. The van der Waals surface area contributed by atoms with Gasteiger partial charge in [0.25, 0.3) is 5.91 Å². The number of carbonyl (C=O) groups excluding carboxylic acids is 2. The molecule has 0 radical (unpaired) electrons. The SMILES string of the molecule is CNc1cc(C(=O)NCCC(=O)NC2CC2)cc(Cl)n1. The zero-order valence-electron chi connectivity index (χ0n) is 11.2. The molecule has 0 saturated heterocycles. The fraction of sp³-hybridized carbons (Fsp3) is 0.462. The molecule has 1 fully saturated rings. The predicted octanol–water partition coefficient (Wildman–Crippen LogP) is 1.18. The van der Waals surface area contributed by atoms with Gasteiger partial charge in [0.2, 0.25) is 5.91 Å². The number of nitrogens with zero attached hydrogens (tertiary/aromatic N) is 1. The van der Waals surface area contributed by atoms with E-state index in [9.17, 15) is 9.59 Å². The lowest BCUT2D eigenvalue weighted by molar-refractivity contribution is -0.121. The first-order valence-corrected chi connectivity index (χ1v) is 6.89. The van der Waals surface area contributed by atoms with E-state index in [2.05, 4.69) is 20.9 Å². The molecule has 6 nitrogen and oxygen atoms in total. The van der Waals surface area contributed by atoms with E-state index in [0.29, 0.717) is 24.0 Å². The number of hydrogen-bond donors (Lipinski definition) is 3. The maximum absolute atomic E-state index is 11.9. The van der Waals surface area contributed by atoms with Crippen LogP contribution in [0.5, 0.6) is 0 Å². The molecule has 0 bridgehead atoms. The third kappa shape index (κ3) is 4.38. The van der Waals surface area contributed by atoms with Crippen LogP contribution in [0.4, 0.5) is 5.82 Å². The number of pyridine rings is 1. The second-order valence-electron chi connectivity index (χ2n) is 4.66. The molecule has 0 unspecified atom stereocenters. The van der Waals surface area contributed by atoms with Crippen LogP contribution in [0.3, 0.4) is 0 Å². The van der Waals surface area contributed by atoms with E-state index in [-0.39, 0.29) is 23.4 Å². The van der Waals surface area contributed by atoms with Gasteiger partial charge in [0.05, 0.1) is 0 Å². The molecule has 2 rings (SSSR count). The number of hydrogen-bond acceptors (Lipinski definition) is 4. The molecule has 1 heterocycles. The summed E-state index contributed by atoms with van der Waals surface area (Å²) in [6, 6.07) is 3.43. The summed E-state index contributed by atoms with van der Waals surface area (Å²) >= 11 is 5.83. The lowest BCUT2D eigenvalue weighted by atomic mass is 10.2. The van der Waals surface area contributed by atoms with Crippen LogP contribution in [-0.2, 0) is 4.79 Å². The molecule has 1 aliphatic carbocycles. The molecular weight excluding hydrogens is 280 g/mol. The van der Waals surface area contributed by atoms with Gasteiger partial charge in [-0.05, 0) is 25.0 Å². The summed E-state index contributed by atoms with van der Waals surface area (Å²) in [5.41, 5.74) is 0.414. The van der Waals surface area contributed by atoms with E-state index in [1.54, 1.807) is 13.1 Å². The summed E-state index contributed by atoms with van der Waals surface area (Å²) in [6.45, 7) is 0.298. The quantitative estimate of drug-likeness (QED) is 0.688. The number of nitrogens with one attached hydrogen (secondary N) is 3. The predicted molar refractivity (Wildman–Crippen MR) is 76.9 cm³/mol. The first-order valence-electron chi connectivity index (χ1n) is 6.51. The molecule has 0 atom stereocenters.